The highest BCUT2D eigenvalue weighted by atomic mass is 19.1. The minimum Gasteiger partial charge on any atom is -0.496 e. The van der Waals surface area contributed by atoms with Gasteiger partial charge in [0.1, 0.15) is 17.1 Å². The number of nitrogens with zero attached hydrogens (tertiary/aromatic N) is 1. The second-order valence-electron chi connectivity index (χ2n) is 4.53. The maximum Gasteiger partial charge on any atom is 0.258 e. The number of benzene rings is 1. The average Bonchev–Trinajstić information content (AvgIpc) is 2.52. The van der Waals surface area contributed by atoms with E-state index in [9.17, 15) is 9.18 Å². The van der Waals surface area contributed by atoms with Crippen LogP contribution in [0.5, 0.6) is 5.75 Å². The lowest BCUT2D eigenvalue weighted by atomic mass is 10.1. The maximum absolute atomic E-state index is 13.7. The molecule has 21 heavy (non-hydrogen) atoms. The molecular formula is C16H17FN2O2. The Labute approximate surface area is 123 Å². The molecule has 0 radical (unpaired) electrons. The fraction of sp³-hybridized carbons (Fsp3) is 0.250. The van der Waals surface area contributed by atoms with Crippen LogP contribution >= 0.6 is 0 Å². The molecule has 0 bridgehead atoms. The largest absolute Gasteiger partial charge is 0.496 e. The van der Waals surface area contributed by atoms with Crippen molar-refractivity contribution >= 4 is 5.91 Å². The lowest BCUT2D eigenvalue weighted by Gasteiger charge is -2.10. The number of aromatic nitrogens is 1. The first-order valence-electron chi connectivity index (χ1n) is 6.72. The number of amides is 1. The smallest absolute Gasteiger partial charge is 0.258 e. The third kappa shape index (κ3) is 4.02. The van der Waals surface area contributed by atoms with Crippen LogP contribution in [0.15, 0.2) is 42.7 Å². The summed E-state index contributed by atoms with van der Waals surface area (Å²) in [6.45, 7) is 0.471. The van der Waals surface area contributed by atoms with E-state index >= 15 is 0 Å². The van der Waals surface area contributed by atoms with Crippen LogP contribution in [0.4, 0.5) is 4.39 Å². The summed E-state index contributed by atoms with van der Waals surface area (Å²) in [7, 11) is 1.41. The van der Waals surface area contributed by atoms with Gasteiger partial charge in [-0.2, -0.15) is 0 Å². The van der Waals surface area contributed by atoms with E-state index < -0.39 is 11.7 Å². The number of hydrogen-bond acceptors (Lipinski definition) is 3. The van der Waals surface area contributed by atoms with Gasteiger partial charge in [-0.15, -0.1) is 0 Å². The summed E-state index contributed by atoms with van der Waals surface area (Å²) >= 11 is 0. The SMILES string of the molecule is COc1cccc(F)c1C(=O)NCCCc1ccncc1. The lowest BCUT2D eigenvalue weighted by molar-refractivity contribution is 0.0946. The van der Waals surface area contributed by atoms with Crippen LogP contribution in [0.2, 0.25) is 0 Å². The van der Waals surface area contributed by atoms with Crippen LogP contribution in [0.1, 0.15) is 22.3 Å². The normalized spacial score (nSPS) is 10.2. The first-order chi connectivity index (χ1) is 10.2. The van der Waals surface area contributed by atoms with Crippen LogP contribution in [0.3, 0.4) is 0 Å². The quantitative estimate of drug-likeness (QED) is 0.831. The maximum atomic E-state index is 13.7. The van der Waals surface area contributed by atoms with Gasteiger partial charge >= 0.3 is 0 Å². The van der Waals surface area contributed by atoms with Crippen molar-refractivity contribution < 1.29 is 13.9 Å². The number of methoxy groups -OCH3 is 1. The second kappa shape index (κ2) is 7.38. The molecule has 1 heterocycles. The Hall–Kier alpha value is -2.43. The third-order valence-corrected chi connectivity index (χ3v) is 3.10. The Morgan fingerprint density at radius 1 is 1.29 bits per heavy atom. The standard InChI is InChI=1S/C16H17FN2O2/c1-21-14-6-2-5-13(17)15(14)16(20)19-9-3-4-12-7-10-18-11-8-12/h2,5-8,10-11H,3-4,9H2,1H3,(H,19,20). The van der Waals surface area contributed by atoms with Gasteiger partial charge in [0.25, 0.3) is 5.91 Å². The van der Waals surface area contributed by atoms with E-state index in [-0.39, 0.29) is 11.3 Å². The highest BCUT2D eigenvalue weighted by Gasteiger charge is 2.16. The molecule has 1 aromatic carbocycles. The molecule has 0 aliphatic heterocycles. The molecule has 2 aromatic rings. The zero-order chi connectivity index (χ0) is 15.1. The van der Waals surface area contributed by atoms with E-state index in [2.05, 4.69) is 10.3 Å². The summed E-state index contributed by atoms with van der Waals surface area (Å²) in [4.78, 5) is 16.0. The predicted molar refractivity (Wildman–Crippen MR) is 77.8 cm³/mol. The Morgan fingerprint density at radius 3 is 2.76 bits per heavy atom. The summed E-state index contributed by atoms with van der Waals surface area (Å²) in [6.07, 6.45) is 5.07. The topological polar surface area (TPSA) is 51.2 Å². The van der Waals surface area contributed by atoms with Gasteiger partial charge in [0.05, 0.1) is 7.11 Å². The van der Waals surface area contributed by atoms with E-state index in [1.54, 1.807) is 18.5 Å². The van der Waals surface area contributed by atoms with E-state index in [4.69, 9.17) is 4.74 Å². The molecule has 1 N–H and O–H groups in total. The Morgan fingerprint density at radius 2 is 2.05 bits per heavy atom. The molecule has 2 rings (SSSR count). The molecule has 0 atom stereocenters. The number of aryl methyl sites for hydroxylation is 1. The number of nitrogens with one attached hydrogen (secondary N) is 1. The summed E-state index contributed by atoms with van der Waals surface area (Å²) in [5.41, 5.74) is 1.10. The van der Waals surface area contributed by atoms with Crippen molar-refractivity contribution in [1.29, 1.82) is 0 Å². The molecule has 0 fully saturated rings. The van der Waals surface area contributed by atoms with E-state index in [1.807, 2.05) is 12.1 Å². The van der Waals surface area contributed by atoms with E-state index in [0.29, 0.717) is 6.54 Å². The number of pyridine rings is 1. The van der Waals surface area contributed by atoms with Crippen molar-refractivity contribution in [3.63, 3.8) is 0 Å². The molecule has 0 unspecified atom stereocenters. The number of halogens is 1. The number of hydrogen-bond donors (Lipinski definition) is 1. The van der Waals surface area contributed by atoms with Crippen molar-refractivity contribution in [1.82, 2.24) is 10.3 Å². The highest BCUT2D eigenvalue weighted by molar-refractivity contribution is 5.97. The molecule has 1 amide bonds. The first-order valence-corrected chi connectivity index (χ1v) is 6.72. The molecule has 5 heteroatoms. The van der Waals surface area contributed by atoms with Gasteiger partial charge in [0.2, 0.25) is 0 Å². The van der Waals surface area contributed by atoms with E-state index in [1.165, 1.54) is 19.2 Å². The molecule has 1 aromatic heterocycles. The van der Waals surface area contributed by atoms with E-state index in [0.717, 1.165) is 18.4 Å². The van der Waals surface area contributed by atoms with Crippen LogP contribution < -0.4 is 10.1 Å². The van der Waals surface area contributed by atoms with Crippen LogP contribution in [0, 0.1) is 5.82 Å². The molecule has 0 aliphatic rings. The summed E-state index contributed by atoms with van der Waals surface area (Å²) in [6, 6.07) is 8.18. The summed E-state index contributed by atoms with van der Waals surface area (Å²) in [5.74, 6) is -0.803. The molecule has 4 nitrogen and oxygen atoms in total. The minimum absolute atomic E-state index is 0.0519. The fourth-order valence-electron chi connectivity index (χ4n) is 2.03. The average molecular weight is 288 g/mol. The van der Waals surface area contributed by atoms with Crippen molar-refractivity contribution in [2.24, 2.45) is 0 Å². The molecule has 0 saturated carbocycles. The Balaban J connectivity index is 1.88. The van der Waals surface area contributed by atoms with Crippen molar-refractivity contribution in [3.05, 3.63) is 59.7 Å². The molecule has 0 spiro atoms. The van der Waals surface area contributed by atoms with Crippen LogP contribution in [-0.4, -0.2) is 24.5 Å². The van der Waals surface area contributed by atoms with Crippen LogP contribution in [0.25, 0.3) is 0 Å². The Bertz CT molecular complexity index is 602. The highest BCUT2D eigenvalue weighted by Crippen LogP contribution is 2.20. The number of carbonyl (C=O) groups is 1. The summed E-state index contributed by atoms with van der Waals surface area (Å²) < 4.78 is 18.7. The molecule has 0 saturated heterocycles. The lowest BCUT2D eigenvalue weighted by Crippen LogP contribution is -2.26. The first kappa shape index (κ1) is 15.0. The van der Waals surface area contributed by atoms with Gasteiger partial charge in [-0.3, -0.25) is 9.78 Å². The van der Waals surface area contributed by atoms with Gasteiger partial charge in [0.15, 0.2) is 0 Å². The third-order valence-electron chi connectivity index (χ3n) is 3.10. The van der Waals surface area contributed by atoms with Gasteiger partial charge in [-0.1, -0.05) is 6.07 Å². The van der Waals surface area contributed by atoms with Crippen molar-refractivity contribution in [2.45, 2.75) is 12.8 Å². The molecule has 110 valence electrons. The minimum atomic E-state index is -0.582. The molecule has 0 aliphatic carbocycles. The fourth-order valence-corrected chi connectivity index (χ4v) is 2.03. The monoisotopic (exact) mass is 288 g/mol. The number of ether oxygens (including phenoxy) is 1. The summed E-state index contributed by atoms with van der Waals surface area (Å²) in [5, 5.41) is 2.71. The zero-order valence-corrected chi connectivity index (χ0v) is 11.8. The van der Waals surface area contributed by atoms with Crippen molar-refractivity contribution in [2.75, 3.05) is 13.7 Å². The predicted octanol–water partition coefficient (Wildman–Crippen LogP) is 2.59. The van der Waals surface area contributed by atoms with Gasteiger partial charge < -0.3 is 10.1 Å². The van der Waals surface area contributed by atoms with Crippen LogP contribution in [-0.2, 0) is 6.42 Å². The molecular weight excluding hydrogens is 271 g/mol. The number of carbonyl (C=O) groups excluding carboxylic acids is 1. The second-order valence-corrected chi connectivity index (χ2v) is 4.53. The Kier molecular flexibility index (Phi) is 5.26. The number of rotatable bonds is 6. The van der Waals surface area contributed by atoms with Gasteiger partial charge in [0, 0.05) is 18.9 Å². The van der Waals surface area contributed by atoms with Crippen molar-refractivity contribution in [3.8, 4) is 5.75 Å². The van der Waals surface area contributed by atoms with Gasteiger partial charge in [-0.05, 0) is 42.7 Å². The zero-order valence-electron chi connectivity index (χ0n) is 11.8. The van der Waals surface area contributed by atoms with Gasteiger partial charge in [-0.25, -0.2) is 4.39 Å².